The lowest BCUT2D eigenvalue weighted by Crippen LogP contribution is -2.28. The van der Waals surface area contributed by atoms with E-state index in [0.29, 0.717) is 6.54 Å². The van der Waals surface area contributed by atoms with Crippen molar-refractivity contribution in [1.29, 1.82) is 0 Å². The number of amides is 1. The Bertz CT molecular complexity index is 308. The number of hydrogen-bond acceptors (Lipinski definition) is 1. The minimum absolute atomic E-state index is 0.00733. The zero-order chi connectivity index (χ0) is 10.6. The van der Waals surface area contributed by atoms with Gasteiger partial charge < -0.3 is 5.32 Å². The SMILES string of the molecule is CC(Br)C(=O)NCc1ccc(Br)cc1. The summed E-state index contributed by atoms with van der Waals surface area (Å²) < 4.78 is 1.04. The summed E-state index contributed by atoms with van der Waals surface area (Å²) in [7, 11) is 0. The van der Waals surface area contributed by atoms with Crippen molar-refractivity contribution in [3.8, 4) is 0 Å². The topological polar surface area (TPSA) is 29.1 Å². The summed E-state index contributed by atoms with van der Waals surface area (Å²) in [5.41, 5.74) is 1.09. The van der Waals surface area contributed by atoms with Crippen LogP contribution in [-0.2, 0) is 11.3 Å². The number of rotatable bonds is 3. The second-order valence-corrected chi connectivity index (χ2v) is 5.25. The van der Waals surface area contributed by atoms with E-state index in [2.05, 4.69) is 37.2 Å². The van der Waals surface area contributed by atoms with E-state index < -0.39 is 0 Å². The summed E-state index contributed by atoms with van der Waals surface area (Å²) in [4.78, 5) is 11.1. The third kappa shape index (κ3) is 3.80. The van der Waals surface area contributed by atoms with Gasteiger partial charge in [0.05, 0.1) is 4.83 Å². The molecule has 0 aliphatic carbocycles. The molecule has 0 saturated carbocycles. The largest absolute Gasteiger partial charge is 0.351 e. The van der Waals surface area contributed by atoms with Gasteiger partial charge in [0.1, 0.15) is 0 Å². The van der Waals surface area contributed by atoms with E-state index in [1.54, 1.807) is 6.92 Å². The van der Waals surface area contributed by atoms with Gasteiger partial charge in [-0.1, -0.05) is 44.0 Å². The molecule has 4 heteroatoms. The monoisotopic (exact) mass is 319 g/mol. The Balaban J connectivity index is 2.46. The molecule has 0 aromatic heterocycles. The second kappa shape index (κ2) is 5.51. The minimum Gasteiger partial charge on any atom is -0.351 e. The summed E-state index contributed by atoms with van der Waals surface area (Å²) in [6.45, 7) is 2.37. The van der Waals surface area contributed by atoms with Crippen LogP contribution in [0.15, 0.2) is 28.7 Å². The third-order valence-corrected chi connectivity index (χ3v) is 2.69. The van der Waals surface area contributed by atoms with Crippen LogP contribution in [0.4, 0.5) is 0 Å². The Hall–Kier alpha value is -0.350. The molecule has 0 spiro atoms. The Morgan fingerprint density at radius 2 is 2.00 bits per heavy atom. The van der Waals surface area contributed by atoms with E-state index in [-0.39, 0.29) is 10.7 Å². The second-order valence-electron chi connectivity index (χ2n) is 2.96. The van der Waals surface area contributed by atoms with Crippen LogP contribution in [0.25, 0.3) is 0 Å². The third-order valence-electron chi connectivity index (χ3n) is 1.74. The molecular weight excluding hydrogens is 310 g/mol. The van der Waals surface area contributed by atoms with E-state index in [0.717, 1.165) is 10.0 Å². The average Bonchev–Trinajstić information content (AvgIpc) is 2.16. The van der Waals surface area contributed by atoms with Gasteiger partial charge >= 0.3 is 0 Å². The maximum Gasteiger partial charge on any atom is 0.233 e. The van der Waals surface area contributed by atoms with Gasteiger partial charge in [0.25, 0.3) is 0 Å². The molecule has 14 heavy (non-hydrogen) atoms. The Labute approximate surface area is 100 Å². The molecule has 1 atom stereocenters. The van der Waals surface area contributed by atoms with Crippen LogP contribution in [0.1, 0.15) is 12.5 Å². The molecule has 0 saturated heterocycles. The van der Waals surface area contributed by atoms with Crippen LogP contribution >= 0.6 is 31.9 Å². The van der Waals surface area contributed by atoms with Crippen molar-refractivity contribution in [1.82, 2.24) is 5.32 Å². The summed E-state index contributed by atoms with van der Waals surface area (Å²) >= 11 is 6.56. The highest BCUT2D eigenvalue weighted by Crippen LogP contribution is 2.10. The molecule has 0 fully saturated rings. The van der Waals surface area contributed by atoms with Gasteiger partial charge in [0.15, 0.2) is 0 Å². The number of benzene rings is 1. The Morgan fingerprint density at radius 3 is 2.50 bits per heavy atom. The Morgan fingerprint density at radius 1 is 1.43 bits per heavy atom. The molecule has 1 amide bonds. The van der Waals surface area contributed by atoms with Gasteiger partial charge in [0.2, 0.25) is 5.91 Å². The first-order chi connectivity index (χ1) is 6.59. The maximum atomic E-state index is 11.2. The summed E-state index contributed by atoms with van der Waals surface area (Å²) in [5, 5.41) is 2.82. The number of carbonyl (C=O) groups excluding carboxylic acids is 1. The lowest BCUT2D eigenvalue weighted by Gasteiger charge is -2.06. The smallest absolute Gasteiger partial charge is 0.233 e. The van der Waals surface area contributed by atoms with Crippen molar-refractivity contribution in [3.63, 3.8) is 0 Å². The van der Waals surface area contributed by atoms with Crippen molar-refractivity contribution in [3.05, 3.63) is 34.3 Å². The van der Waals surface area contributed by atoms with Gasteiger partial charge in [-0.3, -0.25) is 4.79 Å². The molecule has 1 unspecified atom stereocenters. The maximum absolute atomic E-state index is 11.2. The summed E-state index contributed by atoms with van der Waals surface area (Å²) in [5.74, 6) is 0.00733. The Kier molecular flexibility index (Phi) is 4.62. The van der Waals surface area contributed by atoms with Gasteiger partial charge in [0, 0.05) is 11.0 Å². The van der Waals surface area contributed by atoms with Crippen LogP contribution in [-0.4, -0.2) is 10.7 Å². The highest BCUT2D eigenvalue weighted by molar-refractivity contribution is 9.10. The molecule has 1 N–H and O–H groups in total. The highest BCUT2D eigenvalue weighted by atomic mass is 79.9. The van der Waals surface area contributed by atoms with Gasteiger partial charge in [-0.15, -0.1) is 0 Å². The molecule has 76 valence electrons. The number of halogens is 2. The zero-order valence-corrected chi connectivity index (χ0v) is 10.9. The highest BCUT2D eigenvalue weighted by Gasteiger charge is 2.06. The molecule has 0 bridgehead atoms. The minimum atomic E-state index is -0.141. The number of alkyl halides is 1. The van der Waals surface area contributed by atoms with E-state index in [1.165, 1.54) is 0 Å². The molecule has 1 aromatic rings. The first-order valence-corrected chi connectivity index (χ1v) is 5.96. The summed E-state index contributed by atoms with van der Waals surface area (Å²) in [6, 6.07) is 7.87. The first-order valence-electron chi connectivity index (χ1n) is 4.26. The number of hydrogen-bond donors (Lipinski definition) is 1. The lowest BCUT2D eigenvalue weighted by atomic mass is 10.2. The molecule has 2 nitrogen and oxygen atoms in total. The van der Waals surface area contributed by atoms with Crippen LogP contribution in [0.2, 0.25) is 0 Å². The van der Waals surface area contributed by atoms with E-state index in [4.69, 9.17) is 0 Å². The zero-order valence-electron chi connectivity index (χ0n) is 7.76. The summed E-state index contributed by atoms with van der Waals surface area (Å²) in [6.07, 6.45) is 0. The van der Waals surface area contributed by atoms with Crippen LogP contribution in [0, 0.1) is 0 Å². The van der Waals surface area contributed by atoms with Crippen molar-refractivity contribution in [2.24, 2.45) is 0 Å². The predicted octanol–water partition coefficient (Wildman–Crippen LogP) is 2.85. The fourth-order valence-electron chi connectivity index (χ4n) is 0.932. The normalized spacial score (nSPS) is 12.2. The quantitative estimate of drug-likeness (QED) is 0.853. The number of nitrogens with one attached hydrogen (secondary N) is 1. The molecule has 0 radical (unpaired) electrons. The predicted molar refractivity (Wildman–Crippen MR) is 64.4 cm³/mol. The molecule has 0 aliphatic rings. The standard InChI is InChI=1S/C10H11Br2NO/c1-7(11)10(14)13-6-8-2-4-9(12)5-3-8/h2-5,7H,6H2,1H3,(H,13,14). The van der Waals surface area contributed by atoms with Gasteiger partial charge in [-0.05, 0) is 24.6 Å². The van der Waals surface area contributed by atoms with Crippen molar-refractivity contribution in [2.75, 3.05) is 0 Å². The van der Waals surface area contributed by atoms with Crippen LogP contribution in [0.5, 0.6) is 0 Å². The molecule has 1 rings (SSSR count). The molecular formula is C10H11Br2NO. The van der Waals surface area contributed by atoms with Crippen molar-refractivity contribution in [2.45, 2.75) is 18.3 Å². The lowest BCUT2D eigenvalue weighted by molar-refractivity contribution is -0.120. The van der Waals surface area contributed by atoms with Crippen LogP contribution in [0.3, 0.4) is 0 Å². The van der Waals surface area contributed by atoms with E-state index >= 15 is 0 Å². The molecule has 0 heterocycles. The van der Waals surface area contributed by atoms with Crippen LogP contribution < -0.4 is 5.32 Å². The van der Waals surface area contributed by atoms with E-state index in [1.807, 2.05) is 24.3 Å². The van der Waals surface area contributed by atoms with Gasteiger partial charge in [-0.25, -0.2) is 0 Å². The fraction of sp³-hybridized carbons (Fsp3) is 0.300. The molecule has 0 aliphatic heterocycles. The van der Waals surface area contributed by atoms with E-state index in [9.17, 15) is 4.79 Å². The van der Waals surface area contributed by atoms with Gasteiger partial charge in [-0.2, -0.15) is 0 Å². The number of carbonyl (C=O) groups is 1. The average molecular weight is 321 g/mol. The fourth-order valence-corrected chi connectivity index (χ4v) is 1.36. The first kappa shape index (κ1) is 11.7. The molecule has 1 aromatic carbocycles. The van der Waals surface area contributed by atoms with Crippen molar-refractivity contribution < 1.29 is 4.79 Å². The van der Waals surface area contributed by atoms with Crippen molar-refractivity contribution >= 4 is 37.8 Å².